The molecule has 0 heterocycles. The summed E-state index contributed by atoms with van der Waals surface area (Å²) in [6, 6.07) is 0. The van der Waals surface area contributed by atoms with E-state index >= 15 is 0 Å². The van der Waals surface area contributed by atoms with Crippen LogP contribution in [0.1, 0.15) is 32.6 Å². The number of hydrogen-bond donors (Lipinski definition) is 2. The molecule has 0 saturated heterocycles. The summed E-state index contributed by atoms with van der Waals surface area (Å²) in [7, 11) is 0. The molecule has 1 rings (SSSR count). The summed E-state index contributed by atoms with van der Waals surface area (Å²) in [5.41, 5.74) is 0. The quantitative estimate of drug-likeness (QED) is 0.633. The highest BCUT2D eigenvalue weighted by Crippen LogP contribution is 2.31. The molecule has 0 aromatic rings. The Morgan fingerprint density at radius 1 is 1.36 bits per heavy atom. The van der Waals surface area contributed by atoms with E-state index < -0.39 is 6.10 Å². The first-order valence-electron chi connectivity index (χ1n) is 4.54. The van der Waals surface area contributed by atoms with Gasteiger partial charge >= 0.3 is 0 Å². The lowest BCUT2D eigenvalue weighted by Crippen LogP contribution is -2.31. The van der Waals surface area contributed by atoms with Crippen molar-refractivity contribution in [1.82, 2.24) is 0 Å². The number of aliphatic hydroxyl groups excluding tert-OH is 2. The van der Waals surface area contributed by atoms with Gasteiger partial charge in [0.1, 0.15) is 0 Å². The smallest absolute Gasteiger partial charge is 0.0801 e. The van der Waals surface area contributed by atoms with E-state index in [1.165, 1.54) is 19.3 Å². The number of rotatable bonds is 2. The molecule has 1 saturated carbocycles. The Labute approximate surface area is 68.2 Å². The van der Waals surface area contributed by atoms with Crippen molar-refractivity contribution in [3.8, 4) is 0 Å². The second kappa shape index (κ2) is 4.07. The zero-order chi connectivity index (χ0) is 8.27. The molecule has 0 radical (unpaired) electrons. The second-order valence-corrected chi connectivity index (χ2v) is 3.68. The summed E-state index contributed by atoms with van der Waals surface area (Å²) < 4.78 is 0. The van der Waals surface area contributed by atoms with E-state index in [0.717, 1.165) is 6.42 Å². The van der Waals surface area contributed by atoms with Gasteiger partial charge in [-0.3, -0.25) is 0 Å². The largest absolute Gasteiger partial charge is 0.394 e. The van der Waals surface area contributed by atoms with Crippen molar-refractivity contribution in [3.05, 3.63) is 0 Å². The van der Waals surface area contributed by atoms with Gasteiger partial charge in [0.15, 0.2) is 0 Å². The highest BCUT2D eigenvalue weighted by Gasteiger charge is 2.26. The fraction of sp³-hybridized carbons (Fsp3) is 1.00. The Kier molecular flexibility index (Phi) is 3.34. The Balaban J connectivity index is 2.40. The maximum absolute atomic E-state index is 9.40. The van der Waals surface area contributed by atoms with E-state index in [9.17, 15) is 5.11 Å². The Morgan fingerprint density at radius 2 is 2.00 bits per heavy atom. The summed E-state index contributed by atoms with van der Waals surface area (Å²) in [4.78, 5) is 0. The monoisotopic (exact) mass is 158 g/mol. The molecule has 0 aromatic carbocycles. The van der Waals surface area contributed by atoms with Crippen molar-refractivity contribution >= 4 is 0 Å². The van der Waals surface area contributed by atoms with Gasteiger partial charge in [0.05, 0.1) is 12.7 Å². The lowest BCUT2D eigenvalue weighted by atomic mass is 9.77. The topological polar surface area (TPSA) is 40.5 Å². The molecule has 0 bridgehead atoms. The molecule has 2 N–H and O–H groups in total. The third-order valence-electron chi connectivity index (χ3n) is 2.86. The van der Waals surface area contributed by atoms with E-state index in [4.69, 9.17) is 5.11 Å². The van der Waals surface area contributed by atoms with Crippen molar-refractivity contribution in [3.63, 3.8) is 0 Å². The van der Waals surface area contributed by atoms with Crippen LogP contribution in [0.2, 0.25) is 0 Å². The third-order valence-corrected chi connectivity index (χ3v) is 2.86. The van der Waals surface area contributed by atoms with E-state index in [0.29, 0.717) is 11.8 Å². The van der Waals surface area contributed by atoms with Crippen LogP contribution < -0.4 is 0 Å². The molecular weight excluding hydrogens is 140 g/mol. The Hall–Kier alpha value is -0.0800. The summed E-state index contributed by atoms with van der Waals surface area (Å²) in [5.74, 6) is 0.930. The van der Waals surface area contributed by atoms with Crippen molar-refractivity contribution in [1.29, 1.82) is 0 Å². The first kappa shape index (κ1) is 9.01. The van der Waals surface area contributed by atoms with Gasteiger partial charge in [-0.2, -0.15) is 0 Å². The zero-order valence-electron chi connectivity index (χ0n) is 7.16. The summed E-state index contributed by atoms with van der Waals surface area (Å²) in [6.07, 6.45) is 4.32. The van der Waals surface area contributed by atoms with Crippen LogP contribution in [0, 0.1) is 11.8 Å². The van der Waals surface area contributed by atoms with E-state index in [1.54, 1.807) is 0 Å². The first-order chi connectivity index (χ1) is 5.25. The van der Waals surface area contributed by atoms with Crippen molar-refractivity contribution in [2.75, 3.05) is 6.61 Å². The molecule has 0 aromatic heterocycles. The van der Waals surface area contributed by atoms with Gasteiger partial charge in [-0.1, -0.05) is 26.2 Å². The molecule has 1 aliphatic rings. The minimum atomic E-state index is -0.481. The van der Waals surface area contributed by atoms with Gasteiger partial charge < -0.3 is 10.2 Å². The molecule has 0 amide bonds. The normalized spacial score (nSPS) is 35.2. The lowest BCUT2D eigenvalue weighted by Gasteiger charge is -2.31. The average Bonchev–Trinajstić information content (AvgIpc) is 2.04. The van der Waals surface area contributed by atoms with Gasteiger partial charge in [-0.05, 0) is 18.3 Å². The zero-order valence-corrected chi connectivity index (χ0v) is 7.16. The van der Waals surface area contributed by atoms with E-state index in [-0.39, 0.29) is 6.61 Å². The highest BCUT2D eigenvalue weighted by atomic mass is 16.3. The molecule has 0 aliphatic heterocycles. The Bertz CT molecular complexity index is 110. The summed E-state index contributed by atoms with van der Waals surface area (Å²) in [6.45, 7) is 2.09. The average molecular weight is 158 g/mol. The number of aliphatic hydroxyl groups is 2. The fourth-order valence-corrected chi connectivity index (χ4v) is 2.05. The van der Waals surface area contributed by atoms with Gasteiger partial charge in [-0.15, -0.1) is 0 Å². The van der Waals surface area contributed by atoms with Crippen molar-refractivity contribution in [2.45, 2.75) is 38.7 Å². The highest BCUT2D eigenvalue weighted by molar-refractivity contribution is 4.77. The Morgan fingerprint density at radius 3 is 2.55 bits per heavy atom. The third kappa shape index (κ3) is 2.17. The standard InChI is InChI=1S/C9H18O2/c1-7-4-2-3-5-8(7)9(11)6-10/h7-11H,2-6H2,1H3. The molecule has 3 atom stereocenters. The minimum Gasteiger partial charge on any atom is -0.394 e. The molecule has 11 heavy (non-hydrogen) atoms. The van der Waals surface area contributed by atoms with Crippen LogP contribution in [0.25, 0.3) is 0 Å². The lowest BCUT2D eigenvalue weighted by molar-refractivity contribution is 0.0107. The van der Waals surface area contributed by atoms with Crippen LogP contribution in [-0.4, -0.2) is 22.9 Å². The van der Waals surface area contributed by atoms with Gasteiger partial charge in [0.25, 0.3) is 0 Å². The molecule has 66 valence electrons. The predicted octanol–water partition coefficient (Wildman–Crippen LogP) is 1.17. The predicted molar refractivity (Wildman–Crippen MR) is 44.2 cm³/mol. The molecule has 1 fully saturated rings. The van der Waals surface area contributed by atoms with Crippen LogP contribution in [0.3, 0.4) is 0 Å². The molecule has 0 spiro atoms. The van der Waals surface area contributed by atoms with Crippen LogP contribution >= 0.6 is 0 Å². The van der Waals surface area contributed by atoms with Crippen molar-refractivity contribution < 1.29 is 10.2 Å². The maximum atomic E-state index is 9.40. The maximum Gasteiger partial charge on any atom is 0.0801 e. The summed E-state index contributed by atoms with van der Waals surface area (Å²) >= 11 is 0. The van der Waals surface area contributed by atoms with Crippen molar-refractivity contribution in [2.24, 2.45) is 11.8 Å². The number of hydrogen-bond acceptors (Lipinski definition) is 2. The van der Waals surface area contributed by atoms with Crippen LogP contribution in [0.5, 0.6) is 0 Å². The molecule has 3 unspecified atom stereocenters. The molecule has 2 nitrogen and oxygen atoms in total. The van der Waals surface area contributed by atoms with E-state index in [2.05, 4.69) is 6.92 Å². The van der Waals surface area contributed by atoms with Crippen LogP contribution in [-0.2, 0) is 0 Å². The first-order valence-corrected chi connectivity index (χ1v) is 4.54. The second-order valence-electron chi connectivity index (χ2n) is 3.68. The van der Waals surface area contributed by atoms with Gasteiger partial charge in [-0.25, -0.2) is 0 Å². The van der Waals surface area contributed by atoms with Gasteiger partial charge in [0, 0.05) is 0 Å². The van der Waals surface area contributed by atoms with Crippen LogP contribution in [0.4, 0.5) is 0 Å². The molecular formula is C9H18O2. The SMILES string of the molecule is CC1CCCCC1C(O)CO. The molecule has 1 aliphatic carbocycles. The summed E-state index contributed by atoms with van der Waals surface area (Å²) in [5, 5.41) is 18.2. The minimum absolute atomic E-state index is 0.0744. The van der Waals surface area contributed by atoms with E-state index in [1.807, 2.05) is 0 Å². The van der Waals surface area contributed by atoms with Crippen LogP contribution in [0.15, 0.2) is 0 Å². The molecule has 2 heteroatoms. The fourth-order valence-electron chi connectivity index (χ4n) is 2.05. The van der Waals surface area contributed by atoms with Gasteiger partial charge in [0.2, 0.25) is 0 Å².